The second-order valence-electron chi connectivity index (χ2n) is 11.7. The summed E-state index contributed by atoms with van der Waals surface area (Å²) < 4.78 is 0. The van der Waals surface area contributed by atoms with E-state index in [9.17, 15) is 10.2 Å². The van der Waals surface area contributed by atoms with Gasteiger partial charge in [0.25, 0.3) is 0 Å². The molecule has 2 aromatic carbocycles. The fourth-order valence-electron chi connectivity index (χ4n) is 6.05. The maximum Gasteiger partial charge on any atom is 0.124 e. The van der Waals surface area contributed by atoms with E-state index in [1.54, 1.807) is 6.20 Å². The Labute approximate surface area is 219 Å². The van der Waals surface area contributed by atoms with Crippen molar-refractivity contribution in [3.05, 3.63) is 94.9 Å². The van der Waals surface area contributed by atoms with Crippen LogP contribution in [0.4, 0.5) is 0 Å². The topological polar surface area (TPSA) is 85.3 Å². The number of nitrogens with one attached hydrogen (secondary N) is 1. The predicted octanol–water partition coefficient (Wildman–Crippen LogP) is 5.11. The van der Waals surface area contributed by atoms with Crippen LogP contribution in [0.5, 0.6) is 0 Å². The number of aromatic nitrogens is 3. The Hall–Kier alpha value is -3.06. The van der Waals surface area contributed by atoms with Gasteiger partial charge in [0.2, 0.25) is 0 Å². The molecule has 2 aromatic heterocycles. The molecule has 0 saturated carbocycles. The highest BCUT2D eigenvalue weighted by Crippen LogP contribution is 2.50. The lowest BCUT2D eigenvalue weighted by molar-refractivity contribution is -0.127. The van der Waals surface area contributed by atoms with Crippen LogP contribution < -0.4 is 0 Å². The number of para-hydroxylation sites is 1. The molecule has 0 amide bonds. The monoisotopic (exact) mass is 498 g/mol. The van der Waals surface area contributed by atoms with E-state index >= 15 is 0 Å². The molecule has 0 bridgehead atoms. The molecule has 5 rings (SSSR count). The van der Waals surface area contributed by atoms with E-state index in [1.165, 1.54) is 5.56 Å². The first kappa shape index (κ1) is 25.6. The molecule has 6 nitrogen and oxygen atoms in total. The largest absolute Gasteiger partial charge is 0.384 e. The predicted molar refractivity (Wildman–Crippen MR) is 147 cm³/mol. The summed E-state index contributed by atoms with van der Waals surface area (Å²) in [4.78, 5) is 6.78. The van der Waals surface area contributed by atoms with Crippen LogP contribution in [0.25, 0.3) is 10.9 Å². The van der Waals surface area contributed by atoms with Crippen LogP contribution in [-0.2, 0) is 17.6 Å². The van der Waals surface area contributed by atoms with Crippen LogP contribution in [0.3, 0.4) is 0 Å². The third-order valence-corrected chi connectivity index (χ3v) is 8.20. The third kappa shape index (κ3) is 4.48. The fraction of sp³-hybridized carbons (Fsp3) is 0.419. The van der Waals surface area contributed by atoms with Crippen LogP contribution in [0.2, 0.25) is 0 Å². The lowest BCUT2D eigenvalue weighted by Crippen LogP contribution is -2.63. The molecule has 1 fully saturated rings. The Morgan fingerprint density at radius 2 is 1.73 bits per heavy atom. The van der Waals surface area contributed by atoms with E-state index in [0.717, 1.165) is 40.7 Å². The normalized spacial score (nSPS) is 18.9. The minimum Gasteiger partial charge on any atom is -0.384 e. The molecule has 3 heterocycles. The van der Waals surface area contributed by atoms with Gasteiger partial charge in [0.1, 0.15) is 16.9 Å². The quantitative estimate of drug-likeness (QED) is 0.314. The van der Waals surface area contributed by atoms with Crippen molar-refractivity contribution in [1.29, 1.82) is 0 Å². The van der Waals surface area contributed by atoms with Crippen molar-refractivity contribution >= 4 is 10.9 Å². The van der Waals surface area contributed by atoms with Gasteiger partial charge < -0.3 is 15.1 Å². The lowest BCUT2D eigenvalue weighted by Gasteiger charge is -2.56. The molecule has 37 heavy (non-hydrogen) atoms. The van der Waals surface area contributed by atoms with Gasteiger partial charge >= 0.3 is 0 Å². The number of fused-ring (bicyclic) bond motifs is 1. The van der Waals surface area contributed by atoms with Gasteiger partial charge in [-0.15, -0.1) is 0 Å². The molecular weight excluding hydrogens is 460 g/mol. The number of pyridine rings is 1. The number of benzene rings is 2. The highest BCUT2D eigenvalue weighted by atomic mass is 16.3. The summed E-state index contributed by atoms with van der Waals surface area (Å²) in [5, 5.41) is 32.2. The standard InChI is InChI=1S/C31H38N4O2/c1-21(2)23-10-12-24(13-11-23)31(37,29(3)19-35(5)20-29)25-16-22(17-32-18-25)14-15-30(4,36)28-26-8-6-7-9-27(26)33-34-28/h6-13,16-18,21,36-37H,14-15,19-20H2,1-5H3,(H,33,34)/t30?,31-/m0/s1. The van der Waals surface area contributed by atoms with Crippen molar-refractivity contribution in [2.45, 2.75) is 57.7 Å². The number of rotatable bonds is 8. The maximum atomic E-state index is 12.5. The van der Waals surface area contributed by atoms with Crippen molar-refractivity contribution in [3.8, 4) is 0 Å². The first-order valence-corrected chi connectivity index (χ1v) is 13.2. The van der Waals surface area contributed by atoms with Crippen molar-refractivity contribution in [1.82, 2.24) is 20.1 Å². The van der Waals surface area contributed by atoms with Gasteiger partial charge in [0, 0.05) is 41.8 Å². The Morgan fingerprint density at radius 1 is 1.03 bits per heavy atom. The van der Waals surface area contributed by atoms with E-state index in [-0.39, 0.29) is 5.41 Å². The second kappa shape index (κ2) is 9.35. The zero-order chi connectivity index (χ0) is 26.4. The Morgan fingerprint density at radius 3 is 2.41 bits per heavy atom. The molecule has 1 aliphatic heterocycles. The molecule has 4 aromatic rings. The van der Waals surface area contributed by atoms with E-state index in [1.807, 2.05) is 37.4 Å². The molecule has 2 atom stereocenters. The zero-order valence-electron chi connectivity index (χ0n) is 22.5. The number of hydrogen-bond donors (Lipinski definition) is 3. The van der Waals surface area contributed by atoms with Crippen molar-refractivity contribution in [2.75, 3.05) is 20.1 Å². The van der Waals surface area contributed by atoms with Crippen LogP contribution in [0.15, 0.2) is 67.0 Å². The van der Waals surface area contributed by atoms with Crippen LogP contribution in [0.1, 0.15) is 68.0 Å². The van der Waals surface area contributed by atoms with Crippen molar-refractivity contribution in [2.24, 2.45) is 5.41 Å². The van der Waals surface area contributed by atoms with Gasteiger partial charge in [-0.05, 0) is 61.6 Å². The fourth-order valence-corrected chi connectivity index (χ4v) is 6.05. The Balaban J connectivity index is 1.45. The number of aryl methyl sites for hydroxylation is 1. The molecule has 1 saturated heterocycles. The van der Waals surface area contributed by atoms with Crippen molar-refractivity contribution < 1.29 is 10.2 Å². The van der Waals surface area contributed by atoms with Gasteiger partial charge in [-0.1, -0.05) is 63.2 Å². The molecule has 1 aliphatic rings. The minimum atomic E-state index is -1.18. The van der Waals surface area contributed by atoms with Crippen LogP contribution in [0, 0.1) is 5.41 Å². The number of aliphatic hydroxyl groups is 2. The smallest absolute Gasteiger partial charge is 0.124 e. The van der Waals surface area contributed by atoms with Gasteiger partial charge in [-0.2, -0.15) is 5.10 Å². The van der Waals surface area contributed by atoms with Crippen LogP contribution >= 0.6 is 0 Å². The zero-order valence-corrected chi connectivity index (χ0v) is 22.5. The lowest BCUT2D eigenvalue weighted by atomic mass is 9.62. The average molecular weight is 499 g/mol. The third-order valence-electron chi connectivity index (χ3n) is 8.20. The molecule has 0 spiro atoms. The second-order valence-corrected chi connectivity index (χ2v) is 11.7. The highest BCUT2D eigenvalue weighted by molar-refractivity contribution is 5.81. The summed E-state index contributed by atoms with van der Waals surface area (Å²) in [5.74, 6) is 0.428. The maximum absolute atomic E-state index is 12.5. The Kier molecular flexibility index (Phi) is 6.47. The van der Waals surface area contributed by atoms with Gasteiger partial charge in [0.15, 0.2) is 0 Å². The van der Waals surface area contributed by atoms with Crippen molar-refractivity contribution in [3.63, 3.8) is 0 Å². The number of aromatic amines is 1. The first-order chi connectivity index (χ1) is 17.5. The van der Waals surface area contributed by atoms with E-state index < -0.39 is 11.2 Å². The van der Waals surface area contributed by atoms with Gasteiger partial charge in [-0.25, -0.2) is 0 Å². The summed E-state index contributed by atoms with van der Waals surface area (Å²) in [5.41, 5.74) is 2.84. The summed E-state index contributed by atoms with van der Waals surface area (Å²) in [7, 11) is 2.08. The minimum absolute atomic E-state index is 0.346. The molecule has 3 N–H and O–H groups in total. The number of nitrogens with zero attached hydrogens (tertiary/aromatic N) is 3. The Bertz CT molecular complexity index is 1390. The molecular formula is C31H38N4O2. The number of hydrogen-bond acceptors (Lipinski definition) is 5. The van der Waals surface area contributed by atoms with Gasteiger partial charge in [0.05, 0.1) is 5.52 Å². The molecule has 1 unspecified atom stereocenters. The number of H-pyrrole nitrogens is 1. The SMILES string of the molecule is CC(C)c1ccc([C@](O)(c2cncc(CCC(C)(O)c3n[nH]c4ccccc34)c2)C2(C)CN(C)C2)cc1. The molecule has 0 aliphatic carbocycles. The highest BCUT2D eigenvalue weighted by Gasteiger charge is 2.55. The van der Waals surface area contributed by atoms with Crippen LogP contribution in [-0.4, -0.2) is 50.4 Å². The van der Waals surface area contributed by atoms with E-state index in [2.05, 4.69) is 78.2 Å². The van der Waals surface area contributed by atoms with E-state index in [0.29, 0.717) is 24.5 Å². The molecule has 6 heteroatoms. The number of likely N-dealkylation sites (tertiary alicyclic amines) is 1. The summed E-state index contributed by atoms with van der Waals surface area (Å²) in [6.07, 6.45) is 4.71. The van der Waals surface area contributed by atoms with Gasteiger partial charge in [-0.3, -0.25) is 10.1 Å². The molecule has 194 valence electrons. The summed E-state index contributed by atoms with van der Waals surface area (Å²) >= 11 is 0. The summed E-state index contributed by atoms with van der Waals surface area (Å²) in [6.45, 7) is 9.91. The molecule has 0 radical (unpaired) electrons. The van der Waals surface area contributed by atoms with E-state index in [4.69, 9.17) is 0 Å². The first-order valence-electron chi connectivity index (χ1n) is 13.2. The summed E-state index contributed by atoms with van der Waals surface area (Å²) in [6, 6.07) is 18.3. The average Bonchev–Trinajstić information content (AvgIpc) is 3.32.